The van der Waals surface area contributed by atoms with Gasteiger partial charge in [0.1, 0.15) is 6.61 Å². The molecule has 34 heavy (non-hydrogen) atoms. The van der Waals surface area contributed by atoms with Crippen molar-refractivity contribution >= 4 is 5.97 Å². The van der Waals surface area contributed by atoms with Crippen LogP contribution in [0.1, 0.15) is 160 Å². The lowest BCUT2D eigenvalue weighted by molar-refractivity contribution is -0.145. The molecule has 2 heteroatoms. The molecule has 1 rings (SSSR count). The first-order valence-electron chi connectivity index (χ1n) is 15.0. The third-order valence-electron chi connectivity index (χ3n) is 6.95. The summed E-state index contributed by atoms with van der Waals surface area (Å²) in [4.78, 5) is 11.9. The molecule has 0 atom stereocenters. The highest BCUT2D eigenvalue weighted by Crippen LogP contribution is 2.15. The number of ether oxygens (including phenoxy) is 1. The maximum absolute atomic E-state index is 11.9. The lowest BCUT2D eigenvalue weighted by Crippen LogP contribution is -2.04. The van der Waals surface area contributed by atoms with Crippen LogP contribution in [-0.2, 0) is 22.6 Å². The summed E-state index contributed by atoms with van der Waals surface area (Å²) in [5.74, 6) is -0.0513. The molecule has 196 valence electrons. The largest absolute Gasteiger partial charge is 0.461 e. The van der Waals surface area contributed by atoms with Gasteiger partial charge in [0.15, 0.2) is 0 Å². The zero-order valence-electron chi connectivity index (χ0n) is 22.9. The Bertz CT molecular complexity index is 563. The number of rotatable bonds is 24. The maximum Gasteiger partial charge on any atom is 0.306 e. The van der Waals surface area contributed by atoms with E-state index in [1.165, 1.54) is 115 Å². The molecule has 0 aromatic heterocycles. The minimum absolute atomic E-state index is 0.0513. The molecular weight excluding hydrogens is 416 g/mol. The van der Waals surface area contributed by atoms with Gasteiger partial charge in [0.25, 0.3) is 0 Å². The standard InChI is InChI=1S/C32H56O2/c1-3-5-6-7-8-9-10-11-12-13-14-15-16-17-18-19-20-21-22-24-32(33)34-29-31-27-25-30(23-4-2)26-28-31/h25-28H,3-24,29H2,1-2H3. The zero-order chi connectivity index (χ0) is 24.5. The molecule has 0 aliphatic rings. The molecule has 0 N–H and O–H groups in total. The highest BCUT2D eigenvalue weighted by atomic mass is 16.5. The molecule has 0 aliphatic carbocycles. The molecule has 0 aliphatic heterocycles. The molecule has 0 heterocycles. The van der Waals surface area contributed by atoms with E-state index in [0.29, 0.717) is 13.0 Å². The van der Waals surface area contributed by atoms with Gasteiger partial charge < -0.3 is 4.74 Å². The van der Waals surface area contributed by atoms with Crippen molar-refractivity contribution < 1.29 is 9.53 Å². The molecule has 0 amide bonds. The first-order valence-corrected chi connectivity index (χ1v) is 15.0. The van der Waals surface area contributed by atoms with Gasteiger partial charge in [0.2, 0.25) is 0 Å². The van der Waals surface area contributed by atoms with Crippen molar-refractivity contribution in [3.8, 4) is 0 Å². The van der Waals surface area contributed by atoms with Crippen LogP contribution in [-0.4, -0.2) is 5.97 Å². The van der Waals surface area contributed by atoms with E-state index >= 15 is 0 Å². The van der Waals surface area contributed by atoms with Crippen molar-refractivity contribution in [2.24, 2.45) is 0 Å². The van der Waals surface area contributed by atoms with Crippen molar-refractivity contribution in [1.82, 2.24) is 0 Å². The van der Waals surface area contributed by atoms with E-state index in [-0.39, 0.29) is 5.97 Å². The van der Waals surface area contributed by atoms with E-state index in [1.54, 1.807) is 0 Å². The lowest BCUT2D eigenvalue weighted by atomic mass is 10.0. The molecule has 0 fully saturated rings. The molecule has 0 spiro atoms. The summed E-state index contributed by atoms with van der Waals surface area (Å²) in [5.41, 5.74) is 2.44. The maximum atomic E-state index is 11.9. The monoisotopic (exact) mass is 472 g/mol. The molecule has 2 nitrogen and oxygen atoms in total. The van der Waals surface area contributed by atoms with Crippen LogP contribution in [0, 0.1) is 0 Å². The predicted octanol–water partition coefficient (Wildman–Crippen LogP) is 10.5. The van der Waals surface area contributed by atoms with Crippen LogP contribution in [0.5, 0.6) is 0 Å². The van der Waals surface area contributed by atoms with Gasteiger partial charge in [-0.05, 0) is 24.0 Å². The second-order valence-electron chi connectivity index (χ2n) is 10.3. The number of hydrogen-bond acceptors (Lipinski definition) is 2. The topological polar surface area (TPSA) is 26.3 Å². The quantitative estimate of drug-likeness (QED) is 0.110. The fourth-order valence-electron chi connectivity index (χ4n) is 4.67. The Morgan fingerprint density at radius 2 is 0.912 bits per heavy atom. The van der Waals surface area contributed by atoms with Gasteiger partial charge in [0.05, 0.1) is 0 Å². The Morgan fingerprint density at radius 1 is 0.529 bits per heavy atom. The molecule has 0 saturated heterocycles. The summed E-state index contributed by atoms with van der Waals surface area (Å²) in [5, 5.41) is 0. The fraction of sp³-hybridized carbons (Fsp3) is 0.781. The van der Waals surface area contributed by atoms with Crippen LogP contribution in [0.3, 0.4) is 0 Å². The van der Waals surface area contributed by atoms with Crippen molar-refractivity contribution in [1.29, 1.82) is 0 Å². The molecule has 0 bridgehead atoms. The predicted molar refractivity (Wildman–Crippen MR) is 148 cm³/mol. The van der Waals surface area contributed by atoms with Gasteiger partial charge in [-0.15, -0.1) is 0 Å². The van der Waals surface area contributed by atoms with Crippen molar-refractivity contribution in [2.45, 2.75) is 162 Å². The van der Waals surface area contributed by atoms with E-state index < -0.39 is 0 Å². The first-order chi connectivity index (χ1) is 16.8. The molecular formula is C32H56O2. The molecule has 1 aromatic carbocycles. The second-order valence-corrected chi connectivity index (χ2v) is 10.3. The second kappa shape index (κ2) is 23.4. The Balaban J connectivity index is 1.78. The van der Waals surface area contributed by atoms with Crippen molar-refractivity contribution in [3.05, 3.63) is 35.4 Å². The molecule has 1 aromatic rings. The van der Waals surface area contributed by atoms with E-state index in [4.69, 9.17) is 4.74 Å². The number of aryl methyl sites for hydroxylation is 1. The normalized spacial score (nSPS) is 11.1. The van der Waals surface area contributed by atoms with Gasteiger partial charge >= 0.3 is 5.97 Å². The number of hydrogen-bond donors (Lipinski definition) is 0. The number of esters is 1. The lowest BCUT2D eigenvalue weighted by Gasteiger charge is -2.06. The highest BCUT2D eigenvalue weighted by Gasteiger charge is 2.04. The van der Waals surface area contributed by atoms with Crippen LogP contribution >= 0.6 is 0 Å². The summed E-state index contributed by atoms with van der Waals surface area (Å²) in [7, 11) is 0. The van der Waals surface area contributed by atoms with Gasteiger partial charge in [-0.2, -0.15) is 0 Å². The third kappa shape index (κ3) is 19.0. The van der Waals surface area contributed by atoms with Crippen molar-refractivity contribution in [3.63, 3.8) is 0 Å². The van der Waals surface area contributed by atoms with Crippen LogP contribution in [0.25, 0.3) is 0 Å². The van der Waals surface area contributed by atoms with Crippen LogP contribution in [0.2, 0.25) is 0 Å². The van der Waals surface area contributed by atoms with E-state index in [2.05, 4.69) is 38.1 Å². The smallest absolute Gasteiger partial charge is 0.306 e. The van der Waals surface area contributed by atoms with Gasteiger partial charge in [-0.1, -0.05) is 160 Å². The number of benzene rings is 1. The third-order valence-corrected chi connectivity index (χ3v) is 6.95. The summed E-state index contributed by atoms with van der Waals surface area (Å²) in [6.07, 6.45) is 28.9. The average Bonchev–Trinajstić information content (AvgIpc) is 2.85. The molecule has 0 saturated carbocycles. The number of unbranched alkanes of at least 4 members (excludes halogenated alkanes) is 18. The van der Waals surface area contributed by atoms with Gasteiger partial charge in [-0.3, -0.25) is 4.79 Å². The minimum Gasteiger partial charge on any atom is -0.461 e. The van der Waals surface area contributed by atoms with Crippen molar-refractivity contribution in [2.75, 3.05) is 0 Å². The van der Waals surface area contributed by atoms with Gasteiger partial charge in [0, 0.05) is 6.42 Å². The van der Waals surface area contributed by atoms with Crippen LogP contribution < -0.4 is 0 Å². The SMILES string of the molecule is CCCCCCCCCCCCCCCCCCCCCC(=O)OCc1ccc(CCC)cc1. The summed E-state index contributed by atoms with van der Waals surface area (Å²) in [6, 6.07) is 8.44. The van der Waals surface area contributed by atoms with Crippen LogP contribution in [0.15, 0.2) is 24.3 Å². The number of carbonyl (C=O) groups excluding carboxylic acids is 1. The van der Waals surface area contributed by atoms with Gasteiger partial charge in [-0.25, -0.2) is 0 Å². The van der Waals surface area contributed by atoms with E-state index in [9.17, 15) is 4.79 Å². The average molecular weight is 473 g/mol. The molecule has 0 unspecified atom stereocenters. The van der Waals surface area contributed by atoms with E-state index in [1.807, 2.05) is 0 Å². The highest BCUT2D eigenvalue weighted by molar-refractivity contribution is 5.69. The van der Waals surface area contributed by atoms with E-state index in [0.717, 1.165) is 31.2 Å². The Labute approximate surface area is 212 Å². The summed E-state index contributed by atoms with van der Waals surface area (Å²) >= 11 is 0. The Hall–Kier alpha value is -1.31. The Kier molecular flexibility index (Phi) is 21.2. The van der Waals surface area contributed by atoms with Crippen LogP contribution in [0.4, 0.5) is 0 Å². The Morgan fingerprint density at radius 3 is 1.32 bits per heavy atom. The summed E-state index contributed by atoms with van der Waals surface area (Å²) in [6.45, 7) is 4.89. The zero-order valence-corrected chi connectivity index (χ0v) is 22.9. The minimum atomic E-state index is -0.0513. The first kappa shape index (κ1) is 30.7. The summed E-state index contributed by atoms with van der Waals surface area (Å²) < 4.78 is 5.43. The fourth-order valence-corrected chi connectivity index (χ4v) is 4.67. The molecule has 0 radical (unpaired) electrons. The number of carbonyl (C=O) groups is 1.